The second kappa shape index (κ2) is 11.1. The average Bonchev–Trinajstić information content (AvgIpc) is 2.86. The molecule has 0 unspecified atom stereocenters. The molecule has 0 spiro atoms. The number of anilines is 2. The minimum absolute atomic E-state index is 0.0747. The SMILES string of the molecule is Cc1cccc(C)c1NC(=O)CN1CCN(C(=O)c2cc([N+](=O)[O-])ccc2N2CCC(C)CC2)CC1. The zero-order valence-corrected chi connectivity index (χ0v) is 21.3. The Hall–Kier alpha value is -3.46. The lowest BCUT2D eigenvalue weighted by molar-refractivity contribution is -0.384. The third kappa shape index (κ3) is 5.84. The van der Waals surface area contributed by atoms with Crippen LogP contribution in [0.1, 0.15) is 41.3 Å². The fourth-order valence-electron chi connectivity index (χ4n) is 5.01. The highest BCUT2D eigenvalue weighted by Crippen LogP contribution is 2.30. The Morgan fingerprint density at radius 2 is 1.64 bits per heavy atom. The van der Waals surface area contributed by atoms with Crippen LogP contribution < -0.4 is 10.2 Å². The van der Waals surface area contributed by atoms with E-state index in [0.717, 1.165) is 48.4 Å². The van der Waals surface area contributed by atoms with Gasteiger partial charge in [0.2, 0.25) is 5.91 Å². The number of piperidine rings is 1. The van der Waals surface area contributed by atoms with Crippen molar-refractivity contribution in [3.05, 3.63) is 63.2 Å². The van der Waals surface area contributed by atoms with E-state index in [1.54, 1.807) is 11.0 Å². The lowest BCUT2D eigenvalue weighted by atomic mass is 9.97. The fraction of sp³-hybridized carbons (Fsp3) is 0.481. The van der Waals surface area contributed by atoms with Crippen LogP contribution in [0.4, 0.5) is 17.1 Å². The molecule has 2 aromatic rings. The van der Waals surface area contributed by atoms with E-state index in [1.807, 2.05) is 36.9 Å². The summed E-state index contributed by atoms with van der Waals surface area (Å²) < 4.78 is 0. The van der Waals surface area contributed by atoms with Gasteiger partial charge in [-0.15, -0.1) is 0 Å². The van der Waals surface area contributed by atoms with Gasteiger partial charge in [0.25, 0.3) is 11.6 Å². The highest BCUT2D eigenvalue weighted by atomic mass is 16.6. The zero-order valence-electron chi connectivity index (χ0n) is 21.3. The van der Waals surface area contributed by atoms with Crippen LogP contribution in [0.5, 0.6) is 0 Å². The number of benzene rings is 2. The third-order valence-corrected chi connectivity index (χ3v) is 7.32. The first-order valence-corrected chi connectivity index (χ1v) is 12.6. The van der Waals surface area contributed by atoms with Crippen LogP contribution in [-0.4, -0.2) is 72.4 Å². The molecular weight excluding hydrogens is 458 g/mol. The molecule has 9 heteroatoms. The number of non-ortho nitro benzene ring substituents is 1. The molecule has 2 saturated heterocycles. The Morgan fingerprint density at radius 3 is 2.25 bits per heavy atom. The van der Waals surface area contributed by atoms with Crippen LogP contribution in [-0.2, 0) is 4.79 Å². The maximum absolute atomic E-state index is 13.5. The molecule has 192 valence electrons. The van der Waals surface area contributed by atoms with Crippen molar-refractivity contribution in [2.24, 2.45) is 5.92 Å². The largest absolute Gasteiger partial charge is 0.371 e. The van der Waals surface area contributed by atoms with Crippen molar-refractivity contribution in [1.29, 1.82) is 0 Å². The first-order valence-electron chi connectivity index (χ1n) is 12.6. The van der Waals surface area contributed by atoms with E-state index in [4.69, 9.17) is 0 Å². The van der Waals surface area contributed by atoms with E-state index >= 15 is 0 Å². The summed E-state index contributed by atoms with van der Waals surface area (Å²) in [7, 11) is 0. The number of nitro benzene ring substituents is 1. The summed E-state index contributed by atoms with van der Waals surface area (Å²) in [5, 5.41) is 14.4. The lowest BCUT2D eigenvalue weighted by Gasteiger charge is -2.36. The maximum atomic E-state index is 13.5. The molecule has 0 aliphatic carbocycles. The molecule has 36 heavy (non-hydrogen) atoms. The van der Waals surface area contributed by atoms with Crippen LogP contribution in [0, 0.1) is 29.9 Å². The van der Waals surface area contributed by atoms with Crippen molar-refractivity contribution in [3.8, 4) is 0 Å². The molecule has 9 nitrogen and oxygen atoms in total. The Labute approximate surface area is 212 Å². The molecule has 2 aromatic carbocycles. The van der Waals surface area contributed by atoms with E-state index in [1.165, 1.54) is 12.1 Å². The summed E-state index contributed by atoms with van der Waals surface area (Å²) in [6.45, 7) is 10.2. The Morgan fingerprint density at radius 1 is 1.00 bits per heavy atom. The lowest BCUT2D eigenvalue weighted by Crippen LogP contribution is -2.50. The molecule has 2 aliphatic rings. The van der Waals surface area contributed by atoms with Crippen LogP contribution in [0.2, 0.25) is 0 Å². The monoisotopic (exact) mass is 493 g/mol. The molecule has 2 fully saturated rings. The molecule has 2 heterocycles. The smallest absolute Gasteiger partial charge is 0.270 e. The predicted octanol–water partition coefficient (Wildman–Crippen LogP) is 3.84. The Balaban J connectivity index is 1.40. The number of nitrogens with one attached hydrogen (secondary N) is 1. The summed E-state index contributed by atoms with van der Waals surface area (Å²) in [5.74, 6) is 0.373. The van der Waals surface area contributed by atoms with Crippen LogP contribution >= 0.6 is 0 Å². The van der Waals surface area contributed by atoms with E-state index in [9.17, 15) is 19.7 Å². The van der Waals surface area contributed by atoms with E-state index in [0.29, 0.717) is 37.7 Å². The van der Waals surface area contributed by atoms with Gasteiger partial charge in [-0.3, -0.25) is 24.6 Å². The number of nitrogens with zero attached hydrogens (tertiary/aromatic N) is 4. The van der Waals surface area contributed by atoms with Crippen molar-refractivity contribution < 1.29 is 14.5 Å². The van der Waals surface area contributed by atoms with Gasteiger partial charge in [-0.05, 0) is 49.8 Å². The van der Waals surface area contributed by atoms with Gasteiger partial charge in [-0.25, -0.2) is 0 Å². The summed E-state index contributed by atoms with van der Waals surface area (Å²) >= 11 is 0. The predicted molar refractivity (Wildman–Crippen MR) is 141 cm³/mol. The molecule has 4 rings (SSSR count). The Kier molecular flexibility index (Phi) is 7.88. The number of hydrogen-bond donors (Lipinski definition) is 1. The highest BCUT2D eigenvalue weighted by Gasteiger charge is 2.29. The highest BCUT2D eigenvalue weighted by molar-refractivity contribution is 6.00. The number of nitro groups is 1. The van der Waals surface area contributed by atoms with Crippen molar-refractivity contribution >= 4 is 28.9 Å². The number of rotatable bonds is 6. The summed E-state index contributed by atoms with van der Waals surface area (Å²) in [6, 6.07) is 10.5. The average molecular weight is 494 g/mol. The maximum Gasteiger partial charge on any atom is 0.270 e. The van der Waals surface area contributed by atoms with Gasteiger partial charge in [0.1, 0.15) is 0 Å². The molecule has 1 N–H and O–H groups in total. The number of aryl methyl sites for hydroxylation is 2. The van der Waals surface area contributed by atoms with Gasteiger partial charge in [0.05, 0.1) is 22.7 Å². The van der Waals surface area contributed by atoms with E-state index < -0.39 is 4.92 Å². The number of carbonyl (C=O) groups is 2. The first-order chi connectivity index (χ1) is 17.2. The quantitative estimate of drug-likeness (QED) is 0.485. The fourth-order valence-corrected chi connectivity index (χ4v) is 5.01. The van der Waals surface area contributed by atoms with Crippen molar-refractivity contribution in [2.45, 2.75) is 33.6 Å². The molecule has 0 radical (unpaired) electrons. The van der Waals surface area contributed by atoms with Crippen molar-refractivity contribution in [3.63, 3.8) is 0 Å². The molecular formula is C27H35N5O4. The Bertz CT molecular complexity index is 1110. The summed E-state index contributed by atoms with van der Waals surface area (Å²) in [4.78, 5) is 43.1. The first kappa shape index (κ1) is 25.6. The zero-order chi connectivity index (χ0) is 25.8. The summed E-state index contributed by atoms with van der Waals surface area (Å²) in [5.41, 5.74) is 3.98. The number of amides is 2. The van der Waals surface area contributed by atoms with E-state index in [-0.39, 0.29) is 24.0 Å². The van der Waals surface area contributed by atoms with Gasteiger partial charge in [-0.1, -0.05) is 25.1 Å². The minimum Gasteiger partial charge on any atom is -0.371 e. The van der Waals surface area contributed by atoms with Crippen molar-refractivity contribution in [1.82, 2.24) is 9.80 Å². The van der Waals surface area contributed by atoms with Crippen LogP contribution in [0.3, 0.4) is 0 Å². The second-order valence-corrected chi connectivity index (χ2v) is 10.0. The molecule has 2 amide bonds. The number of piperazine rings is 1. The third-order valence-electron chi connectivity index (χ3n) is 7.32. The standard InChI is InChI=1S/C27H35N5O4/c1-19-9-11-30(12-10-19)24-8-7-22(32(35)36)17-23(24)27(34)31-15-13-29(14-16-31)18-25(33)28-26-20(2)5-4-6-21(26)3/h4-8,17,19H,9-16,18H2,1-3H3,(H,28,33). The van der Waals surface area contributed by atoms with Crippen LogP contribution in [0.15, 0.2) is 36.4 Å². The van der Waals surface area contributed by atoms with E-state index in [2.05, 4.69) is 17.1 Å². The molecule has 0 atom stereocenters. The normalized spacial score (nSPS) is 17.2. The number of hydrogen-bond acceptors (Lipinski definition) is 6. The van der Waals surface area contributed by atoms with Gasteiger partial charge >= 0.3 is 0 Å². The molecule has 0 aromatic heterocycles. The topological polar surface area (TPSA) is 99.0 Å². The van der Waals surface area contributed by atoms with Crippen LogP contribution in [0.25, 0.3) is 0 Å². The second-order valence-electron chi connectivity index (χ2n) is 10.0. The van der Waals surface area contributed by atoms with Crippen molar-refractivity contribution in [2.75, 3.05) is 56.0 Å². The van der Waals surface area contributed by atoms with Gasteiger partial charge < -0.3 is 15.1 Å². The minimum atomic E-state index is -0.453. The molecule has 2 aliphatic heterocycles. The number of para-hydroxylation sites is 1. The molecule has 0 saturated carbocycles. The number of carbonyl (C=O) groups excluding carboxylic acids is 2. The van der Waals surface area contributed by atoms with Gasteiger partial charge in [-0.2, -0.15) is 0 Å². The molecule has 0 bridgehead atoms. The summed E-state index contributed by atoms with van der Waals surface area (Å²) in [6.07, 6.45) is 2.07. The van der Waals surface area contributed by atoms with Gasteiger partial charge in [0.15, 0.2) is 0 Å². The van der Waals surface area contributed by atoms with Gasteiger partial charge in [0, 0.05) is 57.1 Å².